The van der Waals surface area contributed by atoms with Crippen LogP contribution >= 0.6 is 15.9 Å². The van der Waals surface area contributed by atoms with Crippen molar-refractivity contribution in [2.24, 2.45) is 0 Å². The molecule has 1 saturated carbocycles. The lowest BCUT2D eigenvalue weighted by atomic mass is 10.0. The Labute approximate surface area is 285 Å². The number of hydrogen-bond acceptors (Lipinski definition) is 5. The number of fused-ring (bicyclic) bond motifs is 1. The summed E-state index contributed by atoms with van der Waals surface area (Å²) in [4.78, 5) is 48.2. The Morgan fingerprint density at radius 1 is 1.04 bits per heavy atom. The summed E-state index contributed by atoms with van der Waals surface area (Å²) in [5.41, 5.74) is 3.38. The number of ether oxygens (including phenoxy) is 1. The average Bonchev–Trinajstić information content (AvgIpc) is 3.87. The summed E-state index contributed by atoms with van der Waals surface area (Å²) in [7, 11) is 0. The molecule has 0 bridgehead atoms. The van der Waals surface area contributed by atoms with Crippen LogP contribution in [0.2, 0.25) is 0 Å². The third-order valence-corrected chi connectivity index (χ3v) is 9.72. The van der Waals surface area contributed by atoms with Crippen molar-refractivity contribution < 1.29 is 18.7 Å². The number of pyridine rings is 1. The minimum absolute atomic E-state index is 0.0296. The minimum Gasteiger partial charge on any atom is -0.490 e. The van der Waals surface area contributed by atoms with Crippen molar-refractivity contribution in [3.05, 3.63) is 134 Å². The van der Waals surface area contributed by atoms with Crippen LogP contribution in [0.1, 0.15) is 57.4 Å². The fourth-order valence-corrected chi connectivity index (χ4v) is 6.36. The van der Waals surface area contributed by atoms with Gasteiger partial charge in [0.25, 0.3) is 11.8 Å². The number of imidazole rings is 1. The molecular formula is C37H33BrFN5O4. The van der Waals surface area contributed by atoms with E-state index in [2.05, 4.69) is 26.2 Å². The maximum Gasteiger partial charge on any atom is 0.333 e. The average molecular weight is 711 g/mol. The van der Waals surface area contributed by atoms with Crippen molar-refractivity contribution in [2.45, 2.75) is 58.5 Å². The molecule has 1 aliphatic carbocycles. The van der Waals surface area contributed by atoms with Crippen LogP contribution in [0.3, 0.4) is 0 Å². The van der Waals surface area contributed by atoms with E-state index in [0.29, 0.717) is 34.0 Å². The zero-order valence-corrected chi connectivity index (χ0v) is 28.0. The molecular weight excluding hydrogens is 677 g/mol. The first-order valence-electron chi connectivity index (χ1n) is 15.8. The van der Waals surface area contributed by atoms with E-state index in [1.165, 1.54) is 10.6 Å². The minimum atomic E-state index is -0.573. The molecule has 2 aromatic heterocycles. The molecule has 5 aromatic rings. The van der Waals surface area contributed by atoms with Gasteiger partial charge in [0, 0.05) is 46.5 Å². The largest absolute Gasteiger partial charge is 0.490 e. The van der Waals surface area contributed by atoms with Crippen molar-refractivity contribution in [1.82, 2.24) is 24.3 Å². The number of carbonyl (C=O) groups is 2. The van der Waals surface area contributed by atoms with Gasteiger partial charge in [-0.25, -0.2) is 9.18 Å². The first kappa shape index (κ1) is 31.6. The van der Waals surface area contributed by atoms with Crippen LogP contribution in [0.5, 0.6) is 5.75 Å². The second-order valence-electron chi connectivity index (χ2n) is 12.2. The summed E-state index contributed by atoms with van der Waals surface area (Å²) in [5.74, 6) is -0.586. The van der Waals surface area contributed by atoms with Crippen LogP contribution in [-0.4, -0.2) is 43.0 Å². The number of aryl methyl sites for hydroxylation is 1. The zero-order valence-electron chi connectivity index (χ0n) is 26.5. The Morgan fingerprint density at radius 3 is 2.54 bits per heavy atom. The number of nitrogens with zero attached hydrogens (tertiary/aromatic N) is 4. The van der Waals surface area contributed by atoms with E-state index >= 15 is 4.39 Å². The van der Waals surface area contributed by atoms with Gasteiger partial charge in [-0.1, -0.05) is 34.1 Å². The molecule has 2 aliphatic rings. The van der Waals surface area contributed by atoms with E-state index in [1.807, 2.05) is 32.0 Å². The second kappa shape index (κ2) is 12.9. The van der Waals surface area contributed by atoms with E-state index in [-0.39, 0.29) is 48.9 Å². The monoisotopic (exact) mass is 709 g/mol. The molecule has 1 N–H and O–H groups in total. The fraction of sp³-hybridized carbons (Fsp3) is 0.243. The molecule has 0 radical (unpaired) electrons. The zero-order chi connectivity index (χ0) is 33.5. The van der Waals surface area contributed by atoms with E-state index in [0.717, 1.165) is 22.9 Å². The summed E-state index contributed by atoms with van der Waals surface area (Å²) in [6.07, 6.45) is 3.85. The number of nitrogens with one attached hydrogen (secondary N) is 1. The third kappa shape index (κ3) is 6.06. The van der Waals surface area contributed by atoms with Gasteiger partial charge in [-0.15, -0.1) is 0 Å². The van der Waals surface area contributed by atoms with E-state index in [1.54, 1.807) is 70.3 Å². The summed E-state index contributed by atoms with van der Waals surface area (Å²) in [6, 6.07) is 22.2. The van der Waals surface area contributed by atoms with Gasteiger partial charge < -0.3 is 15.0 Å². The molecule has 244 valence electrons. The molecule has 1 fully saturated rings. The Bertz CT molecular complexity index is 2090. The maximum absolute atomic E-state index is 15.2. The lowest BCUT2D eigenvalue weighted by Gasteiger charge is -2.34. The van der Waals surface area contributed by atoms with Crippen molar-refractivity contribution in [1.29, 1.82) is 0 Å². The van der Waals surface area contributed by atoms with Gasteiger partial charge >= 0.3 is 5.69 Å². The Balaban J connectivity index is 1.27. The number of benzene rings is 3. The van der Waals surface area contributed by atoms with E-state index < -0.39 is 17.4 Å². The van der Waals surface area contributed by atoms with Gasteiger partial charge in [0.2, 0.25) is 0 Å². The maximum atomic E-state index is 15.2. The van der Waals surface area contributed by atoms with Gasteiger partial charge in [-0.2, -0.15) is 0 Å². The van der Waals surface area contributed by atoms with Gasteiger partial charge in [-0.3, -0.25) is 23.7 Å². The Kier molecular flexibility index (Phi) is 8.47. The molecule has 9 nitrogen and oxygen atoms in total. The molecule has 1 atom stereocenters. The highest BCUT2D eigenvalue weighted by atomic mass is 79.9. The number of amides is 2. The predicted molar refractivity (Wildman–Crippen MR) is 183 cm³/mol. The van der Waals surface area contributed by atoms with Gasteiger partial charge in [-0.05, 0) is 92.9 Å². The van der Waals surface area contributed by atoms with Crippen LogP contribution in [0.25, 0.3) is 16.9 Å². The van der Waals surface area contributed by atoms with Crippen LogP contribution in [0.4, 0.5) is 4.39 Å². The van der Waals surface area contributed by atoms with Gasteiger partial charge in [0.05, 0.1) is 29.7 Å². The highest BCUT2D eigenvalue weighted by Gasteiger charge is 2.35. The van der Waals surface area contributed by atoms with Crippen LogP contribution in [0.15, 0.2) is 94.3 Å². The highest BCUT2D eigenvalue weighted by molar-refractivity contribution is 9.10. The molecule has 3 heterocycles. The van der Waals surface area contributed by atoms with Crippen LogP contribution in [0, 0.1) is 12.7 Å². The SMILES string of the molecule is Cc1cc(C(=O)N2Cc3c(C(=O)NCc4c(F)cccc4-c4ccccn4)n(-c4ccc(OC5CC5)cc4)c(=O)n3C[C@H]2C)ccc1Br. The molecule has 0 spiro atoms. The number of carbonyl (C=O) groups excluding carboxylic acids is 2. The summed E-state index contributed by atoms with van der Waals surface area (Å²) < 4.78 is 25.0. The third-order valence-electron chi connectivity index (χ3n) is 8.83. The van der Waals surface area contributed by atoms with Crippen molar-refractivity contribution in [2.75, 3.05) is 0 Å². The predicted octanol–water partition coefficient (Wildman–Crippen LogP) is 6.43. The number of rotatable bonds is 8. The molecule has 48 heavy (non-hydrogen) atoms. The summed E-state index contributed by atoms with van der Waals surface area (Å²) in [6.45, 7) is 3.88. The lowest BCUT2D eigenvalue weighted by Crippen LogP contribution is -2.47. The summed E-state index contributed by atoms with van der Waals surface area (Å²) in [5, 5.41) is 2.87. The van der Waals surface area contributed by atoms with Crippen molar-refractivity contribution in [3.8, 4) is 22.7 Å². The first-order chi connectivity index (χ1) is 23.2. The normalized spacial score (nSPS) is 15.6. The number of halogens is 2. The fourth-order valence-electron chi connectivity index (χ4n) is 6.11. The number of hydrogen-bond donors (Lipinski definition) is 1. The second-order valence-corrected chi connectivity index (χ2v) is 13.1. The van der Waals surface area contributed by atoms with Crippen molar-refractivity contribution in [3.63, 3.8) is 0 Å². The van der Waals surface area contributed by atoms with Gasteiger partial charge in [0.1, 0.15) is 17.3 Å². The van der Waals surface area contributed by atoms with E-state index in [9.17, 15) is 14.4 Å². The molecule has 0 saturated heterocycles. The van der Waals surface area contributed by atoms with Gasteiger partial charge in [0.15, 0.2) is 0 Å². The number of aromatic nitrogens is 3. The molecule has 3 aromatic carbocycles. The topological polar surface area (TPSA) is 98.5 Å². The molecule has 11 heteroatoms. The molecule has 2 amide bonds. The lowest BCUT2D eigenvalue weighted by molar-refractivity contribution is 0.0610. The van der Waals surface area contributed by atoms with Crippen molar-refractivity contribution >= 4 is 27.7 Å². The quantitative estimate of drug-likeness (QED) is 0.200. The summed E-state index contributed by atoms with van der Waals surface area (Å²) >= 11 is 3.49. The smallest absolute Gasteiger partial charge is 0.333 e. The molecule has 1 aliphatic heterocycles. The Morgan fingerprint density at radius 2 is 1.83 bits per heavy atom. The van der Waals surface area contributed by atoms with Crippen LogP contribution < -0.4 is 15.7 Å². The highest BCUT2D eigenvalue weighted by Crippen LogP contribution is 2.30. The van der Waals surface area contributed by atoms with E-state index in [4.69, 9.17) is 4.74 Å². The Hall–Kier alpha value is -5.03. The van der Waals surface area contributed by atoms with Crippen LogP contribution in [-0.2, 0) is 19.6 Å². The standard InChI is InChI=1S/C37H33BrFN5O4/c1-22-18-24(9-16-30(22)38)36(46)42-21-33-34(35(45)41-19-29-28(6-5-7-31(29)39)32-8-3-4-17-40-32)44(37(47)43(33)20-23(42)2)25-10-12-26(13-11-25)48-27-14-15-27/h3-13,16-18,23,27H,14-15,19-21H2,1-2H3,(H,41,45)/t23-/m1/s1. The first-order valence-corrected chi connectivity index (χ1v) is 16.6. The molecule has 7 rings (SSSR count). The molecule has 0 unspecified atom stereocenters.